The minimum Gasteiger partial charge on any atom is -0.451 e. The molecule has 0 fully saturated rings. The van der Waals surface area contributed by atoms with Crippen LogP contribution in [0.2, 0.25) is 0 Å². The van der Waals surface area contributed by atoms with E-state index in [1.165, 1.54) is 18.2 Å². The van der Waals surface area contributed by atoms with Crippen molar-refractivity contribution in [3.05, 3.63) is 65.7 Å². The van der Waals surface area contributed by atoms with Gasteiger partial charge in [0, 0.05) is 16.6 Å². The van der Waals surface area contributed by atoms with Gasteiger partial charge in [0.25, 0.3) is 5.91 Å². The Balaban J connectivity index is 1.98. The fraction of sp³-hybridized carbons (Fsp3) is 0.0625. The van der Waals surface area contributed by atoms with Gasteiger partial charge in [0.05, 0.1) is 0 Å². The predicted octanol–water partition coefficient (Wildman–Crippen LogP) is 4.13. The first-order chi connectivity index (χ1) is 9.65. The molecule has 4 heteroatoms. The maximum Gasteiger partial charge on any atom is 0.291 e. The predicted molar refractivity (Wildman–Crippen MR) is 75.3 cm³/mol. The normalized spacial score (nSPS) is 10.7. The zero-order valence-corrected chi connectivity index (χ0v) is 10.8. The molecule has 0 saturated heterocycles. The van der Waals surface area contributed by atoms with Crippen LogP contribution in [0.3, 0.4) is 0 Å². The lowest BCUT2D eigenvalue weighted by atomic mass is 10.1. The summed E-state index contributed by atoms with van der Waals surface area (Å²) >= 11 is 0. The fourth-order valence-electron chi connectivity index (χ4n) is 2.12. The van der Waals surface area contributed by atoms with Crippen molar-refractivity contribution in [3.8, 4) is 0 Å². The van der Waals surface area contributed by atoms with Crippen molar-refractivity contribution < 1.29 is 13.6 Å². The van der Waals surface area contributed by atoms with Crippen molar-refractivity contribution in [2.45, 2.75) is 6.92 Å². The molecule has 0 atom stereocenters. The van der Waals surface area contributed by atoms with E-state index in [0.717, 1.165) is 0 Å². The van der Waals surface area contributed by atoms with E-state index < -0.39 is 0 Å². The van der Waals surface area contributed by atoms with E-state index >= 15 is 0 Å². The second-order valence-corrected chi connectivity index (χ2v) is 4.52. The first-order valence-corrected chi connectivity index (χ1v) is 6.20. The van der Waals surface area contributed by atoms with Crippen molar-refractivity contribution in [1.82, 2.24) is 0 Å². The van der Waals surface area contributed by atoms with E-state index in [2.05, 4.69) is 5.32 Å². The highest BCUT2D eigenvalue weighted by Gasteiger charge is 2.18. The van der Waals surface area contributed by atoms with Crippen LogP contribution >= 0.6 is 0 Å². The number of rotatable bonds is 2. The molecule has 0 spiro atoms. The second kappa shape index (κ2) is 4.81. The average Bonchev–Trinajstić information content (AvgIpc) is 2.77. The second-order valence-electron chi connectivity index (χ2n) is 4.52. The largest absolute Gasteiger partial charge is 0.451 e. The van der Waals surface area contributed by atoms with Crippen LogP contribution in [0, 0.1) is 12.7 Å². The number of aryl methyl sites for hydroxylation is 1. The Bertz CT molecular complexity index is 778. The molecule has 0 aliphatic heterocycles. The van der Waals surface area contributed by atoms with E-state index in [4.69, 9.17) is 4.42 Å². The standard InChI is InChI=1S/C16H12FNO2/c1-10-13-9-11(17)7-8-14(13)20-15(10)16(19)18-12-5-3-2-4-6-12/h2-9H,1H3,(H,18,19). The Morgan fingerprint density at radius 1 is 1.15 bits per heavy atom. The maximum absolute atomic E-state index is 13.2. The van der Waals surface area contributed by atoms with Gasteiger partial charge in [-0.3, -0.25) is 4.79 Å². The van der Waals surface area contributed by atoms with Gasteiger partial charge >= 0.3 is 0 Å². The molecule has 0 saturated carbocycles. The number of hydrogen-bond acceptors (Lipinski definition) is 2. The highest BCUT2D eigenvalue weighted by molar-refractivity contribution is 6.06. The SMILES string of the molecule is Cc1c(C(=O)Nc2ccccc2)oc2ccc(F)cc12. The van der Waals surface area contributed by atoms with Crippen LogP contribution in [-0.2, 0) is 0 Å². The van der Waals surface area contributed by atoms with Crippen LogP contribution in [0.5, 0.6) is 0 Å². The molecule has 20 heavy (non-hydrogen) atoms. The molecule has 3 rings (SSSR count). The van der Waals surface area contributed by atoms with Gasteiger partial charge in [-0.2, -0.15) is 0 Å². The topological polar surface area (TPSA) is 42.2 Å². The van der Waals surface area contributed by atoms with E-state index in [1.807, 2.05) is 18.2 Å². The molecule has 2 aromatic carbocycles. The molecule has 0 aliphatic rings. The Morgan fingerprint density at radius 3 is 2.65 bits per heavy atom. The number of carbonyl (C=O) groups excluding carboxylic acids is 1. The smallest absolute Gasteiger partial charge is 0.291 e. The number of anilines is 1. The third-order valence-electron chi connectivity index (χ3n) is 3.14. The fourth-order valence-corrected chi connectivity index (χ4v) is 2.12. The van der Waals surface area contributed by atoms with E-state index in [1.54, 1.807) is 19.1 Å². The lowest BCUT2D eigenvalue weighted by molar-refractivity contribution is 0.0998. The van der Waals surface area contributed by atoms with Crippen molar-refractivity contribution in [1.29, 1.82) is 0 Å². The highest BCUT2D eigenvalue weighted by atomic mass is 19.1. The molecule has 0 radical (unpaired) electrons. The molecule has 100 valence electrons. The molecular weight excluding hydrogens is 257 g/mol. The molecule has 1 aromatic heterocycles. The third kappa shape index (κ3) is 2.16. The van der Waals surface area contributed by atoms with Crippen molar-refractivity contribution in [2.75, 3.05) is 5.32 Å². The molecule has 3 nitrogen and oxygen atoms in total. The summed E-state index contributed by atoms with van der Waals surface area (Å²) in [5, 5.41) is 3.36. The van der Waals surface area contributed by atoms with Gasteiger partial charge in [-0.1, -0.05) is 18.2 Å². The number of amides is 1. The zero-order valence-electron chi connectivity index (χ0n) is 10.8. The zero-order chi connectivity index (χ0) is 14.1. The Kier molecular flexibility index (Phi) is 2.99. The number of furan rings is 1. The quantitative estimate of drug-likeness (QED) is 0.760. The van der Waals surface area contributed by atoms with Gasteiger partial charge in [-0.15, -0.1) is 0 Å². The molecule has 0 bridgehead atoms. The summed E-state index contributed by atoms with van der Waals surface area (Å²) in [6.45, 7) is 1.74. The van der Waals surface area contributed by atoms with Crippen molar-refractivity contribution >= 4 is 22.6 Å². The lowest BCUT2D eigenvalue weighted by Crippen LogP contribution is -2.11. The van der Waals surface area contributed by atoms with Crippen LogP contribution in [0.25, 0.3) is 11.0 Å². The van der Waals surface area contributed by atoms with Gasteiger partial charge in [0.15, 0.2) is 5.76 Å². The van der Waals surface area contributed by atoms with Crippen LogP contribution in [0.15, 0.2) is 52.9 Å². The number of benzene rings is 2. The van der Waals surface area contributed by atoms with Gasteiger partial charge < -0.3 is 9.73 Å². The number of hydrogen-bond donors (Lipinski definition) is 1. The summed E-state index contributed by atoms with van der Waals surface area (Å²) < 4.78 is 18.7. The minimum atomic E-state index is -0.351. The lowest BCUT2D eigenvalue weighted by Gasteiger charge is -2.02. The highest BCUT2D eigenvalue weighted by Crippen LogP contribution is 2.26. The van der Waals surface area contributed by atoms with E-state index in [0.29, 0.717) is 22.2 Å². The van der Waals surface area contributed by atoms with Crippen LogP contribution in [-0.4, -0.2) is 5.91 Å². The molecule has 1 N–H and O–H groups in total. The summed E-state index contributed by atoms with van der Waals surface area (Å²) in [5.74, 6) is -0.490. The molecular formula is C16H12FNO2. The molecule has 0 unspecified atom stereocenters. The van der Waals surface area contributed by atoms with E-state index in [9.17, 15) is 9.18 Å². The average molecular weight is 269 g/mol. The van der Waals surface area contributed by atoms with Gasteiger partial charge in [-0.25, -0.2) is 4.39 Å². The number of halogens is 1. The summed E-state index contributed by atoms with van der Waals surface area (Å²) in [4.78, 5) is 12.2. The summed E-state index contributed by atoms with van der Waals surface area (Å²) in [5.41, 5.74) is 1.82. The minimum absolute atomic E-state index is 0.203. The third-order valence-corrected chi connectivity index (χ3v) is 3.14. The Morgan fingerprint density at radius 2 is 1.90 bits per heavy atom. The first kappa shape index (κ1) is 12.4. The number of carbonyl (C=O) groups is 1. The summed E-state index contributed by atoms with van der Waals surface area (Å²) in [7, 11) is 0. The van der Waals surface area contributed by atoms with Crippen LogP contribution < -0.4 is 5.32 Å². The monoisotopic (exact) mass is 269 g/mol. The van der Waals surface area contributed by atoms with E-state index in [-0.39, 0.29) is 17.5 Å². The Hall–Kier alpha value is -2.62. The number of nitrogens with one attached hydrogen (secondary N) is 1. The molecule has 1 amide bonds. The van der Waals surface area contributed by atoms with Crippen LogP contribution in [0.1, 0.15) is 16.1 Å². The maximum atomic E-state index is 13.2. The number of fused-ring (bicyclic) bond motifs is 1. The molecule has 1 heterocycles. The van der Waals surface area contributed by atoms with Crippen molar-refractivity contribution in [2.24, 2.45) is 0 Å². The van der Waals surface area contributed by atoms with Crippen LogP contribution in [0.4, 0.5) is 10.1 Å². The Labute approximate surface area is 115 Å². The van der Waals surface area contributed by atoms with Crippen molar-refractivity contribution in [3.63, 3.8) is 0 Å². The summed E-state index contributed by atoms with van der Waals surface area (Å²) in [6, 6.07) is 13.3. The number of para-hydroxylation sites is 1. The summed E-state index contributed by atoms with van der Waals surface area (Å²) in [6.07, 6.45) is 0. The molecule has 0 aliphatic carbocycles. The van der Waals surface area contributed by atoms with Gasteiger partial charge in [0.2, 0.25) is 0 Å². The van der Waals surface area contributed by atoms with Gasteiger partial charge in [-0.05, 0) is 37.3 Å². The first-order valence-electron chi connectivity index (χ1n) is 6.20. The van der Waals surface area contributed by atoms with Gasteiger partial charge in [0.1, 0.15) is 11.4 Å². The molecule has 3 aromatic rings.